The number of rotatable bonds is 10. The van der Waals surface area contributed by atoms with Crippen molar-refractivity contribution in [2.45, 2.75) is 32.4 Å². The Labute approximate surface area is 173 Å². The number of nitrogens with zero attached hydrogens (tertiary/aromatic N) is 2. The maximum Gasteiger partial charge on any atom is 0.185 e. The molecule has 1 atom stereocenters. The molecule has 0 spiro atoms. The van der Waals surface area contributed by atoms with E-state index >= 15 is 0 Å². The predicted octanol–water partition coefficient (Wildman–Crippen LogP) is 4.63. The molecule has 0 bridgehead atoms. The molecular formula is C25H30N2O2. The zero-order chi connectivity index (χ0) is 20.6. The molecule has 2 aromatic carbocycles. The second kappa shape index (κ2) is 10.2. The number of carbonyl (C=O) groups excluding carboxylic acids is 1. The first kappa shape index (κ1) is 21.0. The van der Waals surface area contributed by atoms with E-state index in [0.29, 0.717) is 18.7 Å². The Morgan fingerprint density at radius 3 is 2.62 bits per heavy atom. The number of fused-ring (bicyclic) bond motifs is 1. The summed E-state index contributed by atoms with van der Waals surface area (Å²) in [5.74, 6) is -0.0139. The standard InChI is InChI=1S/C25H30N2O2/c1-3-4-16-26(2)18-22(28)19-27-17-21(23-12-8-9-13-24(23)27)14-15-25(29)20-10-6-5-7-11-20/h5-15,17,22,28H,3-4,16,18-19H2,1-2H3. The highest BCUT2D eigenvalue weighted by atomic mass is 16.3. The van der Waals surface area contributed by atoms with Gasteiger partial charge in [0.25, 0.3) is 0 Å². The van der Waals surface area contributed by atoms with Crippen molar-refractivity contribution < 1.29 is 9.90 Å². The maximum atomic E-state index is 12.4. The Kier molecular flexibility index (Phi) is 7.39. The number of ketones is 1. The van der Waals surface area contributed by atoms with Crippen molar-refractivity contribution in [1.29, 1.82) is 0 Å². The highest BCUT2D eigenvalue weighted by Gasteiger charge is 2.12. The Morgan fingerprint density at radius 1 is 1.14 bits per heavy atom. The van der Waals surface area contributed by atoms with Gasteiger partial charge >= 0.3 is 0 Å². The number of para-hydroxylation sites is 1. The van der Waals surface area contributed by atoms with Gasteiger partial charge in [-0.15, -0.1) is 0 Å². The molecule has 29 heavy (non-hydrogen) atoms. The van der Waals surface area contributed by atoms with Gasteiger partial charge in [0.2, 0.25) is 0 Å². The van der Waals surface area contributed by atoms with Crippen LogP contribution in [-0.4, -0.2) is 46.6 Å². The van der Waals surface area contributed by atoms with Gasteiger partial charge < -0.3 is 14.6 Å². The summed E-state index contributed by atoms with van der Waals surface area (Å²) in [5, 5.41) is 11.7. The second-order valence-corrected chi connectivity index (χ2v) is 7.59. The minimum atomic E-state index is -0.449. The molecule has 0 fully saturated rings. The maximum absolute atomic E-state index is 12.4. The Morgan fingerprint density at radius 2 is 1.86 bits per heavy atom. The van der Waals surface area contributed by atoms with Gasteiger partial charge in [0.15, 0.2) is 5.78 Å². The fourth-order valence-electron chi connectivity index (χ4n) is 3.59. The number of aromatic nitrogens is 1. The lowest BCUT2D eigenvalue weighted by Gasteiger charge is -2.21. The first-order valence-electron chi connectivity index (χ1n) is 10.3. The van der Waals surface area contributed by atoms with Crippen molar-refractivity contribution in [2.24, 2.45) is 0 Å². The average Bonchev–Trinajstić information content (AvgIpc) is 3.08. The quantitative estimate of drug-likeness (QED) is 0.405. The van der Waals surface area contributed by atoms with Gasteiger partial charge in [0.1, 0.15) is 0 Å². The van der Waals surface area contributed by atoms with Crippen molar-refractivity contribution in [3.63, 3.8) is 0 Å². The lowest BCUT2D eigenvalue weighted by Crippen LogP contribution is -2.32. The van der Waals surface area contributed by atoms with Gasteiger partial charge in [0.05, 0.1) is 6.10 Å². The van der Waals surface area contributed by atoms with E-state index in [1.54, 1.807) is 6.08 Å². The van der Waals surface area contributed by atoms with Crippen molar-refractivity contribution in [3.05, 3.63) is 78.0 Å². The molecule has 3 aromatic rings. The number of hydrogen-bond donors (Lipinski definition) is 1. The summed E-state index contributed by atoms with van der Waals surface area (Å²) in [4.78, 5) is 14.6. The summed E-state index contributed by atoms with van der Waals surface area (Å²) in [7, 11) is 2.05. The number of aliphatic hydroxyl groups is 1. The zero-order valence-corrected chi connectivity index (χ0v) is 17.3. The molecule has 1 heterocycles. The van der Waals surface area contributed by atoms with Gasteiger partial charge in [-0.05, 0) is 38.2 Å². The summed E-state index contributed by atoms with van der Waals surface area (Å²) in [6.07, 6.45) is 7.36. The molecule has 4 nitrogen and oxygen atoms in total. The van der Waals surface area contributed by atoms with E-state index in [4.69, 9.17) is 0 Å². The molecule has 0 aliphatic carbocycles. The molecule has 0 radical (unpaired) electrons. The zero-order valence-electron chi connectivity index (χ0n) is 17.3. The largest absolute Gasteiger partial charge is 0.390 e. The van der Waals surface area contributed by atoms with Gasteiger partial charge in [-0.3, -0.25) is 4.79 Å². The van der Waals surface area contributed by atoms with Crippen LogP contribution in [0.3, 0.4) is 0 Å². The Balaban J connectivity index is 1.76. The SMILES string of the molecule is CCCCN(C)CC(O)Cn1cc(C=CC(=O)c2ccccc2)c2ccccc21. The third-order valence-electron chi connectivity index (χ3n) is 5.12. The summed E-state index contributed by atoms with van der Waals surface area (Å²) in [5.41, 5.74) is 2.73. The molecule has 0 amide bonds. The van der Waals surface area contributed by atoms with Gasteiger partial charge in [-0.1, -0.05) is 61.9 Å². The Bertz CT molecular complexity index is 959. The summed E-state index contributed by atoms with van der Waals surface area (Å²) in [6, 6.07) is 17.4. The molecule has 0 aliphatic rings. The van der Waals surface area contributed by atoms with Crippen molar-refractivity contribution in [3.8, 4) is 0 Å². The predicted molar refractivity (Wildman–Crippen MR) is 120 cm³/mol. The molecular weight excluding hydrogens is 360 g/mol. The fraction of sp³-hybridized carbons (Fsp3) is 0.320. The van der Waals surface area contributed by atoms with Crippen LogP contribution in [0.25, 0.3) is 17.0 Å². The number of aliphatic hydroxyl groups excluding tert-OH is 1. The topological polar surface area (TPSA) is 45.5 Å². The van der Waals surface area contributed by atoms with Crippen LogP contribution in [-0.2, 0) is 6.54 Å². The third-order valence-corrected chi connectivity index (χ3v) is 5.12. The normalized spacial score (nSPS) is 12.8. The summed E-state index contributed by atoms with van der Waals surface area (Å²) in [6.45, 7) is 4.34. The third kappa shape index (κ3) is 5.66. The number of hydrogen-bond acceptors (Lipinski definition) is 3. The average molecular weight is 391 g/mol. The van der Waals surface area contributed by atoms with Gasteiger partial charge in [-0.2, -0.15) is 0 Å². The molecule has 3 rings (SSSR count). The van der Waals surface area contributed by atoms with Crippen LogP contribution in [0.2, 0.25) is 0 Å². The Hall–Kier alpha value is -2.69. The number of benzene rings is 2. The van der Waals surface area contributed by atoms with Crippen LogP contribution in [0.1, 0.15) is 35.7 Å². The van der Waals surface area contributed by atoms with Crippen LogP contribution < -0.4 is 0 Å². The first-order chi connectivity index (χ1) is 14.1. The van der Waals surface area contributed by atoms with E-state index in [9.17, 15) is 9.90 Å². The lowest BCUT2D eigenvalue weighted by atomic mass is 10.1. The van der Waals surface area contributed by atoms with E-state index < -0.39 is 6.10 Å². The highest BCUT2D eigenvalue weighted by molar-refractivity contribution is 6.07. The van der Waals surface area contributed by atoms with E-state index in [-0.39, 0.29) is 5.78 Å². The van der Waals surface area contributed by atoms with Crippen molar-refractivity contribution >= 4 is 22.8 Å². The van der Waals surface area contributed by atoms with E-state index in [2.05, 4.69) is 35.6 Å². The summed E-state index contributed by atoms with van der Waals surface area (Å²) < 4.78 is 2.08. The molecule has 1 aromatic heterocycles. The van der Waals surface area contributed by atoms with Crippen molar-refractivity contribution in [2.75, 3.05) is 20.1 Å². The monoisotopic (exact) mass is 390 g/mol. The van der Waals surface area contributed by atoms with Crippen LogP contribution in [0, 0.1) is 0 Å². The lowest BCUT2D eigenvalue weighted by molar-refractivity contribution is 0.104. The van der Waals surface area contributed by atoms with Crippen molar-refractivity contribution in [1.82, 2.24) is 9.47 Å². The van der Waals surface area contributed by atoms with Crippen LogP contribution >= 0.6 is 0 Å². The molecule has 0 aliphatic heterocycles. The van der Waals surface area contributed by atoms with E-state index in [1.165, 1.54) is 0 Å². The fourth-order valence-corrected chi connectivity index (χ4v) is 3.59. The van der Waals surface area contributed by atoms with Crippen LogP contribution in [0.5, 0.6) is 0 Å². The molecule has 0 saturated heterocycles. The second-order valence-electron chi connectivity index (χ2n) is 7.59. The van der Waals surface area contributed by atoms with E-state index in [1.807, 2.05) is 54.7 Å². The number of likely N-dealkylation sites (N-methyl/N-ethyl adjacent to an activating group) is 1. The number of allylic oxidation sites excluding steroid dienone is 1. The molecule has 1 N–H and O–H groups in total. The van der Waals surface area contributed by atoms with E-state index in [0.717, 1.165) is 35.9 Å². The van der Waals surface area contributed by atoms with Gasteiger partial charge in [-0.25, -0.2) is 0 Å². The number of unbranched alkanes of at least 4 members (excludes halogenated alkanes) is 1. The van der Waals surface area contributed by atoms with Crippen LogP contribution in [0.15, 0.2) is 66.9 Å². The minimum absolute atomic E-state index is 0.0139. The molecule has 4 heteroatoms. The minimum Gasteiger partial charge on any atom is -0.390 e. The molecule has 0 saturated carbocycles. The smallest absolute Gasteiger partial charge is 0.185 e. The van der Waals surface area contributed by atoms with Crippen LogP contribution in [0.4, 0.5) is 0 Å². The molecule has 152 valence electrons. The summed E-state index contributed by atoms with van der Waals surface area (Å²) >= 11 is 0. The highest BCUT2D eigenvalue weighted by Crippen LogP contribution is 2.23. The molecule has 1 unspecified atom stereocenters. The first-order valence-corrected chi connectivity index (χ1v) is 10.3. The van der Waals surface area contributed by atoms with Gasteiger partial charge in [0, 0.05) is 41.3 Å². The number of carbonyl (C=O) groups is 1.